The molecule has 25 heavy (non-hydrogen) atoms. The Hall–Kier alpha value is -3.04. The highest BCUT2D eigenvalue weighted by molar-refractivity contribution is 7.89. The summed E-state index contributed by atoms with van der Waals surface area (Å²) in [6.07, 6.45) is 3.45. The zero-order valence-electron chi connectivity index (χ0n) is 12.9. The van der Waals surface area contributed by atoms with Crippen molar-refractivity contribution in [1.29, 1.82) is 0 Å². The van der Waals surface area contributed by atoms with Crippen molar-refractivity contribution in [2.24, 2.45) is 5.14 Å². The lowest BCUT2D eigenvalue weighted by Gasteiger charge is -2.06. The number of hydrogen-bond donors (Lipinski definition) is 3. The predicted molar refractivity (Wildman–Crippen MR) is 89.4 cm³/mol. The highest BCUT2D eigenvalue weighted by Gasteiger charge is 2.20. The fraction of sp³-hybridized carbons (Fsp3) is 0.0625. The van der Waals surface area contributed by atoms with Crippen LogP contribution in [0.2, 0.25) is 0 Å². The first-order valence-electron chi connectivity index (χ1n) is 7.19. The van der Waals surface area contributed by atoms with E-state index in [-0.39, 0.29) is 17.0 Å². The van der Waals surface area contributed by atoms with Gasteiger partial charge in [-0.15, -0.1) is 0 Å². The van der Waals surface area contributed by atoms with Crippen LogP contribution in [0.5, 0.6) is 0 Å². The van der Waals surface area contributed by atoms with E-state index in [0.29, 0.717) is 11.3 Å². The first-order chi connectivity index (χ1) is 11.9. The number of nitrogens with zero attached hydrogens (tertiary/aromatic N) is 2. The van der Waals surface area contributed by atoms with Crippen LogP contribution in [0.25, 0.3) is 11.3 Å². The van der Waals surface area contributed by atoms with E-state index in [1.165, 1.54) is 12.1 Å². The smallest absolute Gasteiger partial charge is 0.354 e. The Morgan fingerprint density at radius 3 is 2.32 bits per heavy atom. The maximum absolute atomic E-state index is 11.5. The maximum atomic E-state index is 11.5. The third kappa shape index (κ3) is 3.57. The van der Waals surface area contributed by atoms with E-state index in [1.54, 1.807) is 36.7 Å². The molecule has 0 unspecified atom stereocenters. The van der Waals surface area contributed by atoms with Crippen molar-refractivity contribution in [2.75, 3.05) is 0 Å². The van der Waals surface area contributed by atoms with Crippen molar-refractivity contribution in [2.45, 2.75) is 11.3 Å². The second-order valence-corrected chi connectivity index (χ2v) is 6.89. The van der Waals surface area contributed by atoms with Crippen LogP contribution in [0.3, 0.4) is 0 Å². The Morgan fingerprint density at radius 2 is 1.76 bits per heavy atom. The van der Waals surface area contributed by atoms with Crippen molar-refractivity contribution in [3.05, 3.63) is 65.6 Å². The molecule has 0 aliphatic rings. The molecule has 0 spiro atoms. The molecule has 8 nitrogen and oxygen atoms in total. The van der Waals surface area contributed by atoms with E-state index >= 15 is 0 Å². The number of carboxylic acids is 1. The van der Waals surface area contributed by atoms with Gasteiger partial charge in [-0.05, 0) is 29.8 Å². The molecule has 4 N–H and O–H groups in total. The van der Waals surface area contributed by atoms with E-state index in [4.69, 9.17) is 5.14 Å². The van der Waals surface area contributed by atoms with Crippen LogP contribution >= 0.6 is 0 Å². The fourth-order valence-corrected chi connectivity index (χ4v) is 2.98. The van der Waals surface area contributed by atoms with Gasteiger partial charge < -0.3 is 5.11 Å². The summed E-state index contributed by atoms with van der Waals surface area (Å²) < 4.78 is 22.6. The molecule has 2 heterocycles. The summed E-state index contributed by atoms with van der Waals surface area (Å²) in [5.41, 5.74) is 2.46. The normalized spacial score (nSPS) is 11.4. The van der Waals surface area contributed by atoms with Crippen molar-refractivity contribution >= 4 is 16.0 Å². The van der Waals surface area contributed by atoms with Gasteiger partial charge in [0.2, 0.25) is 10.0 Å². The quantitative estimate of drug-likeness (QED) is 0.630. The Morgan fingerprint density at radius 1 is 1.12 bits per heavy atom. The zero-order valence-corrected chi connectivity index (χ0v) is 13.7. The summed E-state index contributed by atoms with van der Waals surface area (Å²) in [5, 5.41) is 21.1. The van der Waals surface area contributed by atoms with Gasteiger partial charge in [0.25, 0.3) is 0 Å². The molecule has 128 valence electrons. The number of H-pyrrole nitrogens is 1. The number of pyridine rings is 1. The fourth-order valence-electron chi connectivity index (χ4n) is 2.46. The Bertz CT molecular complexity index is 1010. The number of aromatic nitrogens is 3. The molecule has 3 aromatic rings. The molecule has 1 aromatic carbocycles. The number of hydrogen-bond acceptors (Lipinski definition) is 5. The highest BCUT2D eigenvalue weighted by atomic mass is 32.2. The van der Waals surface area contributed by atoms with Gasteiger partial charge in [-0.25, -0.2) is 18.4 Å². The Balaban J connectivity index is 2.01. The molecular formula is C16H14N4O4S. The molecule has 0 aliphatic carbocycles. The van der Waals surface area contributed by atoms with Crippen LogP contribution in [-0.2, 0) is 16.4 Å². The van der Waals surface area contributed by atoms with E-state index in [0.717, 1.165) is 11.1 Å². The van der Waals surface area contributed by atoms with Gasteiger partial charge in [0, 0.05) is 29.9 Å². The first kappa shape index (κ1) is 16.8. The van der Waals surface area contributed by atoms with Gasteiger partial charge in [-0.2, -0.15) is 5.10 Å². The van der Waals surface area contributed by atoms with Crippen molar-refractivity contribution in [3.63, 3.8) is 0 Å². The summed E-state index contributed by atoms with van der Waals surface area (Å²) in [5.74, 6) is -1.12. The van der Waals surface area contributed by atoms with Gasteiger partial charge in [-0.3, -0.25) is 10.1 Å². The number of aromatic carboxylic acids is 1. The number of carbonyl (C=O) groups is 1. The number of benzene rings is 1. The molecule has 0 saturated carbocycles. The minimum absolute atomic E-state index is 0.00346. The largest absolute Gasteiger partial charge is 0.477 e. The second kappa shape index (κ2) is 6.46. The second-order valence-electron chi connectivity index (χ2n) is 5.33. The molecule has 2 aromatic heterocycles. The van der Waals surface area contributed by atoms with Crippen LogP contribution in [0, 0.1) is 0 Å². The Labute approximate surface area is 143 Å². The average Bonchev–Trinajstić information content (AvgIpc) is 2.99. The van der Waals surface area contributed by atoms with E-state index in [9.17, 15) is 18.3 Å². The van der Waals surface area contributed by atoms with Crippen LogP contribution in [0.1, 0.15) is 21.6 Å². The molecule has 0 aliphatic heterocycles. The number of carboxylic acid groups (broad SMARTS) is 1. The molecule has 9 heteroatoms. The van der Waals surface area contributed by atoms with Crippen molar-refractivity contribution < 1.29 is 18.3 Å². The molecule has 0 bridgehead atoms. The van der Waals surface area contributed by atoms with E-state index in [2.05, 4.69) is 15.2 Å². The number of rotatable bonds is 5. The molecule has 0 radical (unpaired) electrons. The predicted octanol–water partition coefficient (Wildman–Crippen LogP) is 1.41. The monoisotopic (exact) mass is 358 g/mol. The van der Waals surface area contributed by atoms with Crippen molar-refractivity contribution in [3.8, 4) is 11.3 Å². The van der Waals surface area contributed by atoms with Crippen molar-refractivity contribution in [1.82, 2.24) is 15.2 Å². The lowest BCUT2D eigenvalue weighted by atomic mass is 9.99. The van der Waals surface area contributed by atoms with Gasteiger partial charge in [0.15, 0.2) is 0 Å². The minimum atomic E-state index is -3.77. The van der Waals surface area contributed by atoms with Crippen LogP contribution in [0.15, 0.2) is 53.7 Å². The van der Waals surface area contributed by atoms with Crippen LogP contribution in [-0.4, -0.2) is 34.7 Å². The molecular weight excluding hydrogens is 344 g/mol. The van der Waals surface area contributed by atoms with E-state index in [1.807, 2.05) is 0 Å². The zero-order chi connectivity index (χ0) is 18.0. The van der Waals surface area contributed by atoms with Gasteiger partial charge >= 0.3 is 5.97 Å². The topological polar surface area (TPSA) is 139 Å². The van der Waals surface area contributed by atoms with Crippen LogP contribution in [0.4, 0.5) is 0 Å². The van der Waals surface area contributed by atoms with Gasteiger partial charge in [0.05, 0.1) is 10.6 Å². The third-order valence-corrected chi connectivity index (χ3v) is 4.60. The van der Waals surface area contributed by atoms with Gasteiger partial charge in [0.1, 0.15) is 5.69 Å². The Kier molecular flexibility index (Phi) is 4.34. The first-order valence-corrected chi connectivity index (χ1v) is 8.73. The maximum Gasteiger partial charge on any atom is 0.354 e. The molecule has 0 fully saturated rings. The number of primary sulfonamides is 1. The summed E-state index contributed by atoms with van der Waals surface area (Å²) in [6.45, 7) is 0. The number of nitrogens with one attached hydrogen (secondary N) is 1. The van der Waals surface area contributed by atoms with E-state index < -0.39 is 16.0 Å². The summed E-state index contributed by atoms with van der Waals surface area (Å²) in [4.78, 5) is 15.4. The minimum Gasteiger partial charge on any atom is -0.477 e. The number of sulfonamides is 1. The molecule has 0 atom stereocenters. The SMILES string of the molecule is NS(=O)(=O)c1ccc(Cc2c(-c3ccncc3)n[nH]c2C(=O)O)cc1. The van der Waals surface area contributed by atoms with Crippen LogP contribution < -0.4 is 5.14 Å². The highest BCUT2D eigenvalue weighted by Crippen LogP contribution is 2.26. The lowest BCUT2D eigenvalue weighted by molar-refractivity contribution is 0.0689. The third-order valence-electron chi connectivity index (χ3n) is 3.67. The van der Waals surface area contributed by atoms with Gasteiger partial charge in [-0.1, -0.05) is 12.1 Å². The molecule has 0 saturated heterocycles. The number of aromatic amines is 1. The average molecular weight is 358 g/mol. The molecule has 0 amide bonds. The summed E-state index contributed by atoms with van der Waals surface area (Å²) in [6, 6.07) is 9.42. The summed E-state index contributed by atoms with van der Waals surface area (Å²) in [7, 11) is -3.77. The summed E-state index contributed by atoms with van der Waals surface area (Å²) >= 11 is 0. The standard InChI is InChI=1S/C16H14N4O4S/c17-25(23,24)12-3-1-10(2-4-12)9-13-14(11-5-7-18-8-6-11)19-20-15(13)16(21)22/h1-8H,9H2,(H,19,20)(H,21,22)(H2,17,23,24). The lowest BCUT2D eigenvalue weighted by Crippen LogP contribution is -2.12. The molecule has 3 rings (SSSR count). The number of nitrogens with two attached hydrogens (primary N) is 1.